The third kappa shape index (κ3) is 2.77. The monoisotopic (exact) mass is 302 g/mol. The van der Waals surface area contributed by atoms with Gasteiger partial charge in [0.05, 0.1) is 10.6 Å². The van der Waals surface area contributed by atoms with E-state index in [0.717, 1.165) is 0 Å². The van der Waals surface area contributed by atoms with Crippen LogP contribution in [0.3, 0.4) is 0 Å². The molecule has 0 saturated carbocycles. The number of halogens is 2. The SMILES string of the molecule is CN1CCC(NC(=O)c2c(O)cc(Cl)cc2Cl)C1=O. The van der Waals surface area contributed by atoms with Crippen molar-refractivity contribution in [2.24, 2.45) is 0 Å². The van der Waals surface area contributed by atoms with Gasteiger partial charge in [0.2, 0.25) is 5.91 Å². The van der Waals surface area contributed by atoms with Crippen molar-refractivity contribution in [1.29, 1.82) is 0 Å². The lowest BCUT2D eigenvalue weighted by atomic mass is 10.1. The molecule has 1 heterocycles. The Morgan fingerprint density at radius 2 is 2.16 bits per heavy atom. The quantitative estimate of drug-likeness (QED) is 0.873. The number of amides is 2. The van der Waals surface area contributed by atoms with E-state index < -0.39 is 11.9 Å². The minimum atomic E-state index is -0.590. The van der Waals surface area contributed by atoms with Crippen LogP contribution in [0.4, 0.5) is 0 Å². The summed E-state index contributed by atoms with van der Waals surface area (Å²) in [5, 5.41) is 12.5. The number of likely N-dealkylation sites (N-methyl/N-ethyl adjacent to an activating group) is 1. The molecule has 1 aromatic rings. The molecule has 1 aromatic carbocycles. The van der Waals surface area contributed by atoms with Crippen LogP contribution >= 0.6 is 23.2 Å². The molecule has 0 aromatic heterocycles. The van der Waals surface area contributed by atoms with Crippen molar-refractivity contribution in [2.45, 2.75) is 12.5 Å². The molecule has 0 aliphatic carbocycles. The summed E-state index contributed by atoms with van der Waals surface area (Å²) in [6.07, 6.45) is 0.535. The number of carbonyl (C=O) groups excluding carboxylic acids is 2. The molecule has 19 heavy (non-hydrogen) atoms. The molecule has 2 N–H and O–H groups in total. The molecule has 1 fully saturated rings. The van der Waals surface area contributed by atoms with E-state index in [-0.39, 0.29) is 27.3 Å². The van der Waals surface area contributed by atoms with Crippen LogP contribution < -0.4 is 5.32 Å². The predicted molar refractivity (Wildman–Crippen MR) is 71.6 cm³/mol. The van der Waals surface area contributed by atoms with E-state index in [1.165, 1.54) is 17.0 Å². The van der Waals surface area contributed by atoms with Crippen molar-refractivity contribution in [3.63, 3.8) is 0 Å². The van der Waals surface area contributed by atoms with Crippen molar-refractivity contribution in [3.05, 3.63) is 27.7 Å². The topological polar surface area (TPSA) is 69.6 Å². The van der Waals surface area contributed by atoms with Crippen LogP contribution in [0.1, 0.15) is 16.8 Å². The molecule has 5 nitrogen and oxygen atoms in total. The molecule has 1 saturated heterocycles. The Balaban J connectivity index is 2.19. The maximum atomic E-state index is 12.0. The zero-order valence-corrected chi connectivity index (χ0v) is 11.6. The zero-order chi connectivity index (χ0) is 14.2. The number of hydrogen-bond acceptors (Lipinski definition) is 3. The second-order valence-electron chi connectivity index (χ2n) is 4.36. The van der Waals surface area contributed by atoms with Crippen LogP contribution in [0.2, 0.25) is 10.0 Å². The molecule has 1 aliphatic rings. The van der Waals surface area contributed by atoms with E-state index in [1.54, 1.807) is 7.05 Å². The lowest BCUT2D eigenvalue weighted by Crippen LogP contribution is -2.40. The van der Waals surface area contributed by atoms with Gasteiger partial charge in [-0.05, 0) is 18.6 Å². The smallest absolute Gasteiger partial charge is 0.257 e. The van der Waals surface area contributed by atoms with Gasteiger partial charge in [0.25, 0.3) is 5.91 Å². The van der Waals surface area contributed by atoms with E-state index >= 15 is 0 Å². The fourth-order valence-corrected chi connectivity index (χ4v) is 2.54. The van der Waals surface area contributed by atoms with Gasteiger partial charge in [-0.2, -0.15) is 0 Å². The fraction of sp³-hybridized carbons (Fsp3) is 0.333. The number of carbonyl (C=O) groups is 2. The highest BCUT2D eigenvalue weighted by molar-refractivity contribution is 6.37. The number of hydrogen-bond donors (Lipinski definition) is 2. The van der Waals surface area contributed by atoms with Gasteiger partial charge in [0, 0.05) is 18.6 Å². The minimum absolute atomic E-state index is 0.0429. The van der Waals surface area contributed by atoms with Crippen molar-refractivity contribution in [3.8, 4) is 5.75 Å². The average molecular weight is 303 g/mol. The van der Waals surface area contributed by atoms with Crippen LogP contribution in [0, 0.1) is 0 Å². The maximum absolute atomic E-state index is 12.0. The lowest BCUT2D eigenvalue weighted by molar-refractivity contribution is -0.128. The van der Waals surface area contributed by atoms with Crippen LogP contribution in [0.25, 0.3) is 0 Å². The largest absolute Gasteiger partial charge is 0.507 e. The molecule has 1 aliphatic heterocycles. The number of rotatable bonds is 2. The van der Waals surface area contributed by atoms with Gasteiger partial charge in [0.1, 0.15) is 11.8 Å². The van der Waals surface area contributed by atoms with E-state index in [4.69, 9.17) is 23.2 Å². The summed E-state index contributed by atoms with van der Waals surface area (Å²) in [6.45, 7) is 0.587. The highest BCUT2D eigenvalue weighted by Crippen LogP contribution is 2.30. The molecular weight excluding hydrogens is 291 g/mol. The first kappa shape index (κ1) is 14.0. The molecular formula is C12H12Cl2N2O3. The van der Waals surface area contributed by atoms with Gasteiger partial charge >= 0.3 is 0 Å². The molecule has 102 valence electrons. The molecule has 2 rings (SSSR count). The Hall–Kier alpha value is -1.46. The van der Waals surface area contributed by atoms with Crippen LogP contribution in [-0.2, 0) is 4.79 Å². The molecule has 1 unspecified atom stereocenters. The summed E-state index contributed by atoms with van der Waals surface area (Å²) < 4.78 is 0. The second kappa shape index (κ2) is 5.27. The number of phenolic OH excluding ortho intramolecular Hbond substituents is 1. The third-order valence-corrected chi connectivity index (χ3v) is 3.51. The Bertz CT molecular complexity index is 525. The number of benzene rings is 1. The Morgan fingerprint density at radius 3 is 2.68 bits per heavy atom. The third-order valence-electron chi connectivity index (χ3n) is 2.99. The first-order chi connectivity index (χ1) is 8.90. The predicted octanol–water partition coefficient (Wildman–Crippen LogP) is 1.66. The summed E-state index contributed by atoms with van der Waals surface area (Å²) in [4.78, 5) is 25.3. The van der Waals surface area contributed by atoms with Crippen molar-refractivity contribution in [1.82, 2.24) is 10.2 Å². The molecule has 2 amide bonds. The molecule has 1 atom stereocenters. The van der Waals surface area contributed by atoms with Gasteiger partial charge in [-0.15, -0.1) is 0 Å². The van der Waals surface area contributed by atoms with Gasteiger partial charge in [-0.3, -0.25) is 9.59 Å². The first-order valence-corrected chi connectivity index (χ1v) is 6.39. The highest BCUT2D eigenvalue weighted by Gasteiger charge is 2.31. The number of nitrogens with zero attached hydrogens (tertiary/aromatic N) is 1. The maximum Gasteiger partial charge on any atom is 0.257 e. The van der Waals surface area contributed by atoms with Crippen LogP contribution in [-0.4, -0.2) is 41.5 Å². The molecule has 7 heteroatoms. The van der Waals surface area contributed by atoms with Crippen LogP contribution in [0.5, 0.6) is 5.75 Å². The van der Waals surface area contributed by atoms with Gasteiger partial charge in [0.15, 0.2) is 0 Å². The first-order valence-electron chi connectivity index (χ1n) is 5.64. The lowest BCUT2D eigenvalue weighted by Gasteiger charge is -2.13. The second-order valence-corrected chi connectivity index (χ2v) is 5.20. The van der Waals surface area contributed by atoms with Crippen molar-refractivity contribution in [2.75, 3.05) is 13.6 Å². The summed E-state index contributed by atoms with van der Waals surface area (Å²) >= 11 is 11.6. The highest BCUT2D eigenvalue weighted by atomic mass is 35.5. The summed E-state index contributed by atoms with van der Waals surface area (Å²) in [6, 6.07) is 2.01. The van der Waals surface area contributed by atoms with Crippen LogP contribution in [0.15, 0.2) is 12.1 Å². The minimum Gasteiger partial charge on any atom is -0.507 e. The Morgan fingerprint density at radius 1 is 1.47 bits per heavy atom. The van der Waals surface area contributed by atoms with Crippen molar-refractivity contribution >= 4 is 35.0 Å². The average Bonchev–Trinajstić information content (AvgIpc) is 2.59. The summed E-state index contributed by atoms with van der Waals surface area (Å²) in [5.74, 6) is -1.06. The molecule has 0 radical (unpaired) electrons. The summed E-state index contributed by atoms with van der Waals surface area (Å²) in [5.41, 5.74) is -0.0755. The zero-order valence-electron chi connectivity index (χ0n) is 10.1. The van der Waals surface area contributed by atoms with E-state index in [2.05, 4.69) is 5.32 Å². The fourth-order valence-electron chi connectivity index (χ4n) is 1.97. The van der Waals surface area contributed by atoms with E-state index in [0.29, 0.717) is 13.0 Å². The Kier molecular flexibility index (Phi) is 3.87. The Labute approximate surface area is 120 Å². The van der Waals surface area contributed by atoms with Gasteiger partial charge in [-0.25, -0.2) is 0 Å². The normalized spacial score (nSPS) is 18.8. The number of nitrogens with one attached hydrogen (secondary N) is 1. The van der Waals surface area contributed by atoms with Crippen molar-refractivity contribution < 1.29 is 14.7 Å². The summed E-state index contributed by atoms with van der Waals surface area (Å²) in [7, 11) is 1.67. The standard InChI is InChI=1S/C12H12Cl2N2O3/c1-16-3-2-8(12(16)19)15-11(18)10-7(14)4-6(13)5-9(10)17/h4-5,8,17H,2-3H2,1H3,(H,15,18). The van der Waals surface area contributed by atoms with Gasteiger partial charge < -0.3 is 15.3 Å². The number of phenols is 1. The number of likely N-dealkylation sites (tertiary alicyclic amines) is 1. The molecule has 0 bridgehead atoms. The van der Waals surface area contributed by atoms with E-state index in [9.17, 15) is 14.7 Å². The van der Waals surface area contributed by atoms with E-state index in [1.807, 2.05) is 0 Å². The van der Waals surface area contributed by atoms with Gasteiger partial charge in [-0.1, -0.05) is 23.2 Å². The molecule has 0 spiro atoms. The number of aromatic hydroxyl groups is 1.